The molecule has 2 heteroatoms. The molecule has 0 bridgehead atoms. The standard InChI is InChI=1S/C42H28BrN/c43-33-16-10-14-30(26-33)36-19-6-7-21-38(36)32-24-25-40-39-22-8-9-23-41(39)44(42(40)28-32)34-17-11-15-31(27-34)37-20-5-4-18-35(37)29-12-2-1-3-13-29/h1-28H/i1D,2D,3D,12D,13D. The molecule has 208 valence electrons. The van der Waals surface area contributed by atoms with Gasteiger partial charge in [0.1, 0.15) is 0 Å². The van der Waals surface area contributed by atoms with Gasteiger partial charge in [0.05, 0.1) is 17.9 Å². The van der Waals surface area contributed by atoms with E-state index in [9.17, 15) is 0 Å². The zero-order valence-electron chi connectivity index (χ0n) is 28.6. The van der Waals surface area contributed by atoms with Gasteiger partial charge in [0.25, 0.3) is 0 Å². The van der Waals surface area contributed by atoms with Gasteiger partial charge in [-0.15, -0.1) is 0 Å². The van der Waals surface area contributed by atoms with Crippen LogP contribution in [0.1, 0.15) is 6.85 Å². The summed E-state index contributed by atoms with van der Waals surface area (Å²) in [6, 6.07) is 46.1. The number of hydrogen-bond acceptors (Lipinski definition) is 0. The Balaban J connectivity index is 1.33. The second kappa shape index (κ2) is 11.1. The SMILES string of the molecule is [2H]c1c([2H])c([2H])c(-c2ccccc2-c2cccc(-n3c4ccccc4c4ccc(-c5ccccc5-c5cccc(Br)c5)cc43)c2)c([2H])c1[2H]. The van der Waals surface area contributed by atoms with E-state index in [0.717, 1.165) is 65.3 Å². The van der Waals surface area contributed by atoms with Crippen LogP contribution in [0.3, 0.4) is 0 Å². The van der Waals surface area contributed by atoms with Crippen molar-refractivity contribution in [2.75, 3.05) is 0 Å². The minimum atomic E-state index is -0.400. The normalized spacial score (nSPS) is 12.9. The molecule has 0 unspecified atom stereocenters. The van der Waals surface area contributed by atoms with Gasteiger partial charge in [-0.25, -0.2) is 0 Å². The zero-order chi connectivity index (χ0) is 33.8. The molecule has 1 nitrogen and oxygen atoms in total. The number of nitrogens with zero attached hydrogens (tertiary/aromatic N) is 1. The van der Waals surface area contributed by atoms with Gasteiger partial charge in [0.2, 0.25) is 0 Å². The first kappa shape index (κ1) is 21.5. The van der Waals surface area contributed by atoms with Crippen LogP contribution < -0.4 is 0 Å². The first-order chi connectivity index (χ1) is 23.8. The van der Waals surface area contributed by atoms with Crippen LogP contribution in [0.25, 0.3) is 72.0 Å². The van der Waals surface area contributed by atoms with Gasteiger partial charge < -0.3 is 4.57 Å². The summed E-state index contributed by atoms with van der Waals surface area (Å²) in [5.74, 6) is 0. The number of aromatic nitrogens is 1. The number of rotatable bonds is 5. The van der Waals surface area contributed by atoms with Crippen LogP contribution in [0.2, 0.25) is 0 Å². The maximum absolute atomic E-state index is 8.66. The fraction of sp³-hybridized carbons (Fsp3) is 0. The maximum Gasteiger partial charge on any atom is 0.0629 e. The summed E-state index contributed by atoms with van der Waals surface area (Å²) in [6.07, 6.45) is 0. The number of para-hydroxylation sites is 1. The Morgan fingerprint density at radius 1 is 0.432 bits per heavy atom. The highest BCUT2D eigenvalue weighted by Crippen LogP contribution is 2.39. The Morgan fingerprint density at radius 3 is 1.70 bits per heavy atom. The highest BCUT2D eigenvalue weighted by molar-refractivity contribution is 9.10. The third-order valence-corrected chi connectivity index (χ3v) is 8.65. The molecule has 1 heterocycles. The highest BCUT2D eigenvalue weighted by Gasteiger charge is 2.16. The van der Waals surface area contributed by atoms with Crippen molar-refractivity contribution in [3.63, 3.8) is 0 Å². The lowest BCUT2D eigenvalue weighted by Crippen LogP contribution is -1.95. The molecule has 8 aromatic rings. The Labute approximate surface area is 272 Å². The van der Waals surface area contributed by atoms with Crippen molar-refractivity contribution in [3.05, 3.63) is 174 Å². The van der Waals surface area contributed by atoms with Crippen molar-refractivity contribution >= 4 is 37.7 Å². The molecule has 8 rings (SSSR count). The molecule has 44 heavy (non-hydrogen) atoms. The fourth-order valence-electron chi connectivity index (χ4n) is 6.21. The Morgan fingerprint density at radius 2 is 1.00 bits per heavy atom. The molecule has 0 amide bonds. The monoisotopic (exact) mass is 630 g/mol. The van der Waals surface area contributed by atoms with Crippen molar-refractivity contribution in [1.29, 1.82) is 0 Å². The first-order valence-corrected chi connectivity index (χ1v) is 15.3. The molecular formula is C42H28BrN. The molecule has 7 aromatic carbocycles. The molecule has 0 saturated heterocycles. The lowest BCUT2D eigenvalue weighted by atomic mass is 9.94. The van der Waals surface area contributed by atoms with Gasteiger partial charge >= 0.3 is 0 Å². The van der Waals surface area contributed by atoms with Gasteiger partial charge in [-0.3, -0.25) is 0 Å². The van der Waals surface area contributed by atoms with Crippen molar-refractivity contribution in [3.8, 4) is 50.2 Å². The summed E-state index contributed by atoms with van der Waals surface area (Å²) in [4.78, 5) is 0. The minimum Gasteiger partial charge on any atom is -0.309 e. The molecule has 1 aromatic heterocycles. The average molecular weight is 632 g/mol. The van der Waals surface area contributed by atoms with Crippen molar-refractivity contribution in [2.45, 2.75) is 0 Å². The summed E-state index contributed by atoms with van der Waals surface area (Å²) in [5.41, 5.74) is 10.1. The topological polar surface area (TPSA) is 4.93 Å². The highest BCUT2D eigenvalue weighted by atomic mass is 79.9. The van der Waals surface area contributed by atoms with Gasteiger partial charge in [-0.05, 0) is 80.9 Å². The van der Waals surface area contributed by atoms with Crippen LogP contribution in [0, 0.1) is 0 Å². The lowest BCUT2D eigenvalue weighted by molar-refractivity contribution is 1.18. The van der Waals surface area contributed by atoms with E-state index in [0.29, 0.717) is 5.56 Å². The molecule has 0 aliphatic heterocycles. The third kappa shape index (κ3) is 4.65. The van der Waals surface area contributed by atoms with E-state index in [-0.39, 0.29) is 29.7 Å². The van der Waals surface area contributed by atoms with Crippen molar-refractivity contribution in [1.82, 2.24) is 4.57 Å². The minimum absolute atomic E-state index is 0.192. The summed E-state index contributed by atoms with van der Waals surface area (Å²) in [7, 11) is 0. The average Bonchev–Trinajstić information content (AvgIpc) is 3.47. The third-order valence-electron chi connectivity index (χ3n) is 8.16. The number of hydrogen-bond donors (Lipinski definition) is 0. The predicted molar refractivity (Wildman–Crippen MR) is 190 cm³/mol. The van der Waals surface area contributed by atoms with E-state index in [1.807, 2.05) is 42.5 Å². The van der Waals surface area contributed by atoms with Gasteiger partial charge in [-0.2, -0.15) is 0 Å². The van der Waals surface area contributed by atoms with Crippen LogP contribution in [-0.2, 0) is 0 Å². The van der Waals surface area contributed by atoms with Crippen molar-refractivity contribution < 1.29 is 6.85 Å². The summed E-state index contributed by atoms with van der Waals surface area (Å²) < 4.78 is 45.3. The molecular weight excluding hydrogens is 598 g/mol. The Hall–Kier alpha value is -5.18. The van der Waals surface area contributed by atoms with E-state index in [1.54, 1.807) is 0 Å². The predicted octanol–water partition coefficient (Wildman–Crippen LogP) is 12.2. The molecule has 0 atom stereocenters. The van der Waals surface area contributed by atoms with Gasteiger partial charge in [-0.1, -0.05) is 149 Å². The Bertz CT molecular complexity index is 2560. The van der Waals surface area contributed by atoms with E-state index < -0.39 is 6.04 Å². The summed E-state index contributed by atoms with van der Waals surface area (Å²) in [6.45, 7) is 0. The molecule has 0 aliphatic carbocycles. The fourth-order valence-corrected chi connectivity index (χ4v) is 6.61. The summed E-state index contributed by atoms with van der Waals surface area (Å²) in [5, 5.41) is 2.29. The first-order valence-electron chi connectivity index (χ1n) is 17.0. The van der Waals surface area contributed by atoms with Gasteiger partial charge in [0, 0.05) is 20.9 Å². The molecule has 0 aliphatic rings. The molecule has 0 N–H and O–H groups in total. The summed E-state index contributed by atoms with van der Waals surface area (Å²) >= 11 is 3.64. The number of halogens is 1. The second-order valence-corrected chi connectivity index (χ2v) is 11.7. The van der Waals surface area contributed by atoms with E-state index in [4.69, 9.17) is 6.85 Å². The smallest absolute Gasteiger partial charge is 0.0629 e. The van der Waals surface area contributed by atoms with Crippen LogP contribution in [0.5, 0.6) is 0 Å². The maximum atomic E-state index is 8.66. The van der Waals surface area contributed by atoms with Crippen molar-refractivity contribution in [2.24, 2.45) is 0 Å². The van der Waals surface area contributed by atoms with Crippen LogP contribution in [0.4, 0.5) is 0 Å². The van der Waals surface area contributed by atoms with Crippen LogP contribution >= 0.6 is 15.9 Å². The van der Waals surface area contributed by atoms with Crippen LogP contribution in [0.15, 0.2) is 174 Å². The van der Waals surface area contributed by atoms with Gasteiger partial charge in [0.15, 0.2) is 0 Å². The molecule has 0 saturated carbocycles. The lowest BCUT2D eigenvalue weighted by Gasteiger charge is -2.14. The van der Waals surface area contributed by atoms with E-state index in [1.165, 1.54) is 0 Å². The Kier molecular flexibility index (Phi) is 5.45. The van der Waals surface area contributed by atoms with Crippen LogP contribution in [-0.4, -0.2) is 4.57 Å². The molecule has 0 radical (unpaired) electrons. The quantitative estimate of drug-likeness (QED) is 0.178. The molecule has 0 fully saturated rings. The van der Waals surface area contributed by atoms with E-state index in [2.05, 4.69) is 118 Å². The van der Waals surface area contributed by atoms with E-state index >= 15 is 0 Å². The second-order valence-electron chi connectivity index (χ2n) is 10.7. The number of benzene rings is 7. The number of fused-ring (bicyclic) bond motifs is 3. The largest absolute Gasteiger partial charge is 0.309 e. The zero-order valence-corrected chi connectivity index (χ0v) is 25.2. The molecule has 0 spiro atoms.